The van der Waals surface area contributed by atoms with Gasteiger partial charge in [-0.1, -0.05) is 12.1 Å². The number of rotatable bonds is 3. The van der Waals surface area contributed by atoms with Crippen molar-refractivity contribution in [2.45, 2.75) is 20.4 Å². The van der Waals surface area contributed by atoms with Crippen LogP contribution in [0.4, 0.5) is 5.69 Å². The molecule has 1 amide bonds. The number of para-hydroxylation sites is 2. The van der Waals surface area contributed by atoms with Crippen molar-refractivity contribution < 1.29 is 4.79 Å². The molecule has 2 aromatic carbocycles. The fourth-order valence-electron chi connectivity index (χ4n) is 2.50. The Morgan fingerprint density at radius 1 is 1.23 bits per heavy atom. The Hall–Kier alpha value is -1.89. The lowest BCUT2D eigenvalue weighted by molar-refractivity contribution is -0.116. The average molecular weight is 405 g/mol. The maximum atomic E-state index is 12.4. The molecule has 22 heavy (non-hydrogen) atoms. The third kappa shape index (κ3) is 2.99. The molecular weight excluding hydrogens is 389 g/mol. The molecule has 0 radical (unpaired) electrons. The van der Waals surface area contributed by atoms with Gasteiger partial charge in [0.05, 0.1) is 11.0 Å². The SMILES string of the molecule is Cc1cc(I)ccc1NC(=O)Cn1c(C)nc2ccccc21. The second kappa shape index (κ2) is 6.08. The van der Waals surface area contributed by atoms with Gasteiger partial charge in [0.15, 0.2) is 0 Å². The van der Waals surface area contributed by atoms with Gasteiger partial charge in [0, 0.05) is 9.26 Å². The summed E-state index contributed by atoms with van der Waals surface area (Å²) in [6.45, 7) is 4.18. The maximum absolute atomic E-state index is 12.4. The van der Waals surface area contributed by atoms with Gasteiger partial charge >= 0.3 is 0 Å². The summed E-state index contributed by atoms with van der Waals surface area (Å²) in [6.07, 6.45) is 0. The molecule has 0 unspecified atom stereocenters. The normalized spacial score (nSPS) is 10.9. The van der Waals surface area contributed by atoms with Gasteiger partial charge in [-0.3, -0.25) is 4.79 Å². The van der Waals surface area contributed by atoms with Crippen molar-refractivity contribution in [1.82, 2.24) is 9.55 Å². The Labute approximate surface area is 142 Å². The Balaban J connectivity index is 1.83. The number of benzene rings is 2. The van der Waals surface area contributed by atoms with E-state index in [2.05, 4.69) is 32.9 Å². The van der Waals surface area contributed by atoms with Gasteiger partial charge in [-0.2, -0.15) is 0 Å². The Morgan fingerprint density at radius 2 is 2.00 bits per heavy atom. The number of hydrogen-bond acceptors (Lipinski definition) is 2. The number of fused-ring (bicyclic) bond motifs is 1. The van der Waals surface area contributed by atoms with Gasteiger partial charge in [-0.25, -0.2) is 4.98 Å². The summed E-state index contributed by atoms with van der Waals surface area (Å²) in [4.78, 5) is 16.8. The van der Waals surface area contributed by atoms with Gasteiger partial charge in [0.25, 0.3) is 0 Å². The van der Waals surface area contributed by atoms with Crippen LogP contribution in [-0.4, -0.2) is 15.5 Å². The number of carbonyl (C=O) groups excluding carboxylic acids is 1. The van der Waals surface area contributed by atoms with E-state index in [0.717, 1.165) is 31.7 Å². The third-order valence-electron chi connectivity index (χ3n) is 3.61. The zero-order chi connectivity index (χ0) is 15.7. The molecule has 0 bridgehead atoms. The summed E-state index contributed by atoms with van der Waals surface area (Å²) in [5, 5.41) is 2.98. The Kier molecular flexibility index (Phi) is 4.15. The lowest BCUT2D eigenvalue weighted by Gasteiger charge is -2.10. The van der Waals surface area contributed by atoms with E-state index in [1.54, 1.807) is 0 Å². The van der Waals surface area contributed by atoms with Gasteiger partial charge < -0.3 is 9.88 Å². The second-order valence-corrected chi connectivity index (χ2v) is 6.49. The number of nitrogens with zero attached hydrogens (tertiary/aromatic N) is 2. The van der Waals surface area contributed by atoms with Crippen LogP contribution in [0.2, 0.25) is 0 Å². The number of imidazole rings is 1. The molecule has 0 atom stereocenters. The zero-order valence-electron chi connectivity index (χ0n) is 12.4. The van der Waals surface area contributed by atoms with Crippen molar-refractivity contribution >= 4 is 45.2 Å². The molecule has 3 rings (SSSR count). The third-order valence-corrected chi connectivity index (χ3v) is 4.28. The zero-order valence-corrected chi connectivity index (χ0v) is 14.6. The number of aryl methyl sites for hydroxylation is 2. The van der Waals surface area contributed by atoms with Gasteiger partial charge in [-0.05, 0) is 72.3 Å². The predicted octanol–water partition coefficient (Wildman–Crippen LogP) is 3.90. The standard InChI is InChI=1S/C17H16IN3O/c1-11-9-13(18)7-8-14(11)20-17(22)10-21-12(2)19-15-5-3-4-6-16(15)21/h3-9H,10H2,1-2H3,(H,20,22). The highest BCUT2D eigenvalue weighted by molar-refractivity contribution is 14.1. The van der Waals surface area contributed by atoms with E-state index in [-0.39, 0.29) is 12.5 Å². The highest BCUT2D eigenvalue weighted by atomic mass is 127. The van der Waals surface area contributed by atoms with E-state index >= 15 is 0 Å². The first-order valence-electron chi connectivity index (χ1n) is 7.02. The van der Waals surface area contributed by atoms with Gasteiger partial charge in [0.2, 0.25) is 5.91 Å². The second-order valence-electron chi connectivity index (χ2n) is 5.24. The number of aromatic nitrogens is 2. The Bertz CT molecular complexity index is 854. The van der Waals surface area contributed by atoms with Crippen LogP contribution in [-0.2, 0) is 11.3 Å². The Morgan fingerprint density at radius 3 is 2.77 bits per heavy atom. The largest absolute Gasteiger partial charge is 0.324 e. The van der Waals surface area contributed by atoms with Crippen LogP contribution in [0.25, 0.3) is 11.0 Å². The predicted molar refractivity (Wildman–Crippen MR) is 97.0 cm³/mol. The van der Waals surface area contributed by atoms with Crippen LogP contribution >= 0.6 is 22.6 Å². The summed E-state index contributed by atoms with van der Waals surface area (Å²) >= 11 is 2.26. The molecule has 3 aromatic rings. The minimum atomic E-state index is -0.0458. The van der Waals surface area contributed by atoms with Crippen LogP contribution in [0.15, 0.2) is 42.5 Å². The molecular formula is C17H16IN3O. The fraction of sp³-hybridized carbons (Fsp3) is 0.176. The smallest absolute Gasteiger partial charge is 0.244 e. The summed E-state index contributed by atoms with van der Waals surface area (Å²) in [7, 11) is 0. The lowest BCUT2D eigenvalue weighted by atomic mass is 10.2. The van der Waals surface area contributed by atoms with Crippen LogP contribution in [0.1, 0.15) is 11.4 Å². The van der Waals surface area contributed by atoms with E-state index in [1.165, 1.54) is 0 Å². The first-order chi connectivity index (χ1) is 10.5. The fourth-order valence-corrected chi connectivity index (χ4v) is 3.14. The number of hydrogen-bond donors (Lipinski definition) is 1. The molecule has 0 saturated carbocycles. The number of halogens is 1. The molecule has 0 aliphatic rings. The van der Waals surface area contributed by atoms with Crippen LogP contribution < -0.4 is 5.32 Å². The molecule has 0 spiro atoms. The monoisotopic (exact) mass is 405 g/mol. The topological polar surface area (TPSA) is 46.9 Å². The molecule has 0 fully saturated rings. The van der Waals surface area contributed by atoms with E-state index < -0.39 is 0 Å². The molecule has 5 heteroatoms. The van der Waals surface area contributed by atoms with Crippen molar-refractivity contribution in [3.05, 3.63) is 57.4 Å². The van der Waals surface area contributed by atoms with Crippen molar-refractivity contribution in [2.75, 3.05) is 5.32 Å². The van der Waals surface area contributed by atoms with E-state index in [4.69, 9.17) is 0 Å². The van der Waals surface area contributed by atoms with E-state index in [1.807, 2.05) is 60.9 Å². The van der Waals surface area contributed by atoms with Crippen LogP contribution in [0.5, 0.6) is 0 Å². The summed E-state index contributed by atoms with van der Waals surface area (Å²) in [5.41, 5.74) is 3.81. The quantitative estimate of drug-likeness (QED) is 0.672. The molecule has 1 aromatic heterocycles. The number of nitrogens with one attached hydrogen (secondary N) is 1. The summed E-state index contributed by atoms with van der Waals surface area (Å²) < 4.78 is 3.09. The minimum Gasteiger partial charge on any atom is -0.324 e. The first kappa shape index (κ1) is 15.0. The highest BCUT2D eigenvalue weighted by Gasteiger charge is 2.11. The number of amides is 1. The maximum Gasteiger partial charge on any atom is 0.244 e. The van der Waals surface area contributed by atoms with Crippen molar-refractivity contribution in [1.29, 1.82) is 0 Å². The van der Waals surface area contributed by atoms with E-state index in [0.29, 0.717) is 0 Å². The molecule has 1 N–H and O–H groups in total. The van der Waals surface area contributed by atoms with Gasteiger partial charge in [0.1, 0.15) is 12.4 Å². The minimum absolute atomic E-state index is 0.0458. The summed E-state index contributed by atoms with van der Waals surface area (Å²) in [6, 6.07) is 13.8. The van der Waals surface area contributed by atoms with Crippen LogP contribution in [0, 0.1) is 17.4 Å². The number of carbonyl (C=O) groups is 1. The van der Waals surface area contributed by atoms with Crippen molar-refractivity contribution in [3.63, 3.8) is 0 Å². The van der Waals surface area contributed by atoms with Crippen molar-refractivity contribution in [3.8, 4) is 0 Å². The van der Waals surface area contributed by atoms with E-state index in [9.17, 15) is 4.79 Å². The molecule has 0 aliphatic carbocycles. The van der Waals surface area contributed by atoms with Crippen LogP contribution in [0.3, 0.4) is 0 Å². The lowest BCUT2D eigenvalue weighted by Crippen LogP contribution is -2.20. The van der Waals surface area contributed by atoms with Crippen molar-refractivity contribution in [2.24, 2.45) is 0 Å². The molecule has 112 valence electrons. The molecule has 4 nitrogen and oxygen atoms in total. The first-order valence-corrected chi connectivity index (χ1v) is 8.10. The van der Waals surface area contributed by atoms with Gasteiger partial charge in [-0.15, -0.1) is 0 Å². The highest BCUT2D eigenvalue weighted by Crippen LogP contribution is 2.19. The molecule has 0 aliphatic heterocycles. The molecule has 0 saturated heterocycles. The average Bonchev–Trinajstić information content (AvgIpc) is 2.78. The molecule has 1 heterocycles. The summed E-state index contributed by atoms with van der Waals surface area (Å²) in [5.74, 6) is 0.797. The number of anilines is 1.